The largest absolute Gasteiger partial charge is 0.356 e. The summed E-state index contributed by atoms with van der Waals surface area (Å²) >= 11 is 0. The summed E-state index contributed by atoms with van der Waals surface area (Å²) in [6.07, 6.45) is 11.3. The summed E-state index contributed by atoms with van der Waals surface area (Å²) in [7, 11) is 1.82. The molecular formula is C18H34N4O. The zero-order valence-electron chi connectivity index (χ0n) is 14.9. The van der Waals surface area contributed by atoms with Gasteiger partial charge in [-0.25, -0.2) is 0 Å². The Morgan fingerprint density at radius 2 is 2.00 bits per heavy atom. The molecule has 2 aliphatic rings. The van der Waals surface area contributed by atoms with E-state index < -0.39 is 0 Å². The molecule has 1 unspecified atom stereocenters. The maximum Gasteiger partial charge on any atom is 0.222 e. The summed E-state index contributed by atoms with van der Waals surface area (Å²) in [6.45, 7) is 4.58. The van der Waals surface area contributed by atoms with Crippen LogP contribution in [-0.2, 0) is 4.79 Å². The minimum absolute atomic E-state index is 0.254. The quantitative estimate of drug-likeness (QED) is 0.449. The molecule has 1 saturated carbocycles. The molecule has 0 bridgehead atoms. The number of carbonyl (C=O) groups is 1. The summed E-state index contributed by atoms with van der Waals surface area (Å²) in [5.41, 5.74) is 0. The third-order valence-corrected chi connectivity index (χ3v) is 5.21. The minimum Gasteiger partial charge on any atom is -0.356 e. The predicted molar refractivity (Wildman–Crippen MR) is 95.6 cm³/mol. The van der Waals surface area contributed by atoms with Gasteiger partial charge in [0.1, 0.15) is 0 Å². The van der Waals surface area contributed by atoms with Crippen LogP contribution in [0.15, 0.2) is 4.99 Å². The lowest BCUT2D eigenvalue weighted by Crippen LogP contribution is -2.45. The first-order valence-corrected chi connectivity index (χ1v) is 9.48. The fourth-order valence-corrected chi connectivity index (χ4v) is 3.79. The summed E-state index contributed by atoms with van der Waals surface area (Å²) in [5, 5.41) is 6.89. The van der Waals surface area contributed by atoms with Crippen molar-refractivity contribution in [1.82, 2.24) is 15.5 Å². The lowest BCUT2D eigenvalue weighted by molar-refractivity contribution is -0.129. The van der Waals surface area contributed by atoms with E-state index in [0.29, 0.717) is 12.5 Å². The Hall–Kier alpha value is -1.26. The zero-order chi connectivity index (χ0) is 16.5. The van der Waals surface area contributed by atoms with Crippen molar-refractivity contribution >= 4 is 11.9 Å². The lowest BCUT2D eigenvalue weighted by Gasteiger charge is -2.22. The average molecular weight is 322 g/mol. The highest BCUT2D eigenvalue weighted by molar-refractivity contribution is 5.80. The Kier molecular flexibility index (Phi) is 7.69. The van der Waals surface area contributed by atoms with Crippen molar-refractivity contribution < 1.29 is 4.79 Å². The van der Waals surface area contributed by atoms with Crippen LogP contribution in [0, 0.1) is 5.92 Å². The molecule has 0 spiro atoms. The van der Waals surface area contributed by atoms with Crippen LogP contribution >= 0.6 is 0 Å². The van der Waals surface area contributed by atoms with Gasteiger partial charge in [0.25, 0.3) is 0 Å². The predicted octanol–water partition coefficient (Wildman–Crippen LogP) is 2.52. The third kappa shape index (κ3) is 6.04. The molecule has 0 radical (unpaired) electrons. The van der Waals surface area contributed by atoms with Gasteiger partial charge in [-0.15, -0.1) is 0 Å². The standard InChI is InChI=1S/C18H34N4O/c1-3-17(23)22-13-11-16(14-22)21-18(19-2)20-12-7-10-15-8-5-4-6-9-15/h15-16H,3-14H2,1-2H3,(H2,19,20,21). The number of hydrogen-bond acceptors (Lipinski definition) is 2. The molecule has 1 amide bonds. The molecule has 0 aromatic rings. The van der Waals surface area contributed by atoms with E-state index in [9.17, 15) is 4.79 Å². The van der Waals surface area contributed by atoms with Gasteiger partial charge in [0.05, 0.1) is 0 Å². The first-order chi connectivity index (χ1) is 11.2. The molecule has 1 saturated heterocycles. The highest BCUT2D eigenvalue weighted by Gasteiger charge is 2.25. The van der Waals surface area contributed by atoms with Gasteiger partial charge in [0.2, 0.25) is 5.91 Å². The molecule has 132 valence electrons. The van der Waals surface area contributed by atoms with E-state index in [2.05, 4.69) is 15.6 Å². The molecule has 1 atom stereocenters. The Labute approximate surface area is 141 Å². The smallest absolute Gasteiger partial charge is 0.222 e. The fourth-order valence-electron chi connectivity index (χ4n) is 3.79. The number of amides is 1. The van der Waals surface area contributed by atoms with Gasteiger partial charge in [0.15, 0.2) is 5.96 Å². The molecule has 0 aromatic heterocycles. The molecule has 0 aromatic carbocycles. The number of hydrogen-bond donors (Lipinski definition) is 2. The van der Waals surface area contributed by atoms with Crippen LogP contribution in [0.3, 0.4) is 0 Å². The highest BCUT2D eigenvalue weighted by Crippen LogP contribution is 2.26. The second-order valence-electron chi connectivity index (χ2n) is 6.97. The minimum atomic E-state index is 0.254. The molecule has 1 heterocycles. The van der Waals surface area contributed by atoms with Gasteiger partial charge in [0, 0.05) is 39.1 Å². The first-order valence-electron chi connectivity index (χ1n) is 9.48. The van der Waals surface area contributed by atoms with Crippen LogP contribution in [0.25, 0.3) is 0 Å². The molecular weight excluding hydrogens is 288 g/mol. The van der Waals surface area contributed by atoms with Crippen molar-refractivity contribution in [1.29, 1.82) is 0 Å². The summed E-state index contributed by atoms with van der Waals surface area (Å²) < 4.78 is 0. The summed E-state index contributed by atoms with van der Waals surface area (Å²) in [4.78, 5) is 18.0. The molecule has 5 nitrogen and oxygen atoms in total. The van der Waals surface area contributed by atoms with Crippen LogP contribution in [-0.4, -0.2) is 49.5 Å². The molecule has 1 aliphatic heterocycles. The molecule has 2 fully saturated rings. The number of carbonyl (C=O) groups excluding carboxylic acids is 1. The van der Waals surface area contributed by atoms with Gasteiger partial charge < -0.3 is 15.5 Å². The first kappa shape index (κ1) is 18.1. The van der Waals surface area contributed by atoms with E-state index in [1.807, 2.05) is 18.9 Å². The van der Waals surface area contributed by atoms with E-state index in [4.69, 9.17) is 0 Å². The summed E-state index contributed by atoms with van der Waals surface area (Å²) in [6, 6.07) is 0.329. The van der Waals surface area contributed by atoms with Gasteiger partial charge in [-0.2, -0.15) is 0 Å². The van der Waals surface area contributed by atoms with Crippen LogP contribution < -0.4 is 10.6 Å². The van der Waals surface area contributed by atoms with E-state index in [1.54, 1.807) is 0 Å². The monoisotopic (exact) mass is 322 g/mol. The van der Waals surface area contributed by atoms with Crippen molar-refractivity contribution in [2.24, 2.45) is 10.9 Å². The van der Waals surface area contributed by atoms with Crippen molar-refractivity contribution in [2.45, 2.75) is 70.8 Å². The molecule has 2 rings (SSSR count). The maximum atomic E-state index is 11.7. The van der Waals surface area contributed by atoms with Crippen LogP contribution in [0.5, 0.6) is 0 Å². The Bertz CT molecular complexity index is 390. The number of nitrogens with zero attached hydrogens (tertiary/aromatic N) is 2. The molecule has 1 aliphatic carbocycles. The van der Waals surface area contributed by atoms with E-state index in [1.165, 1.54) is 44.9 Å². The van der Waals surface area contributed by atoms with Gasteiger partial charge in [-0.1, -0.05) is 39.0 Å². The normalized spacial score (nSPS) is 23.1. The fraction of sp³-hybridized carbons (Fsp3) is 0.889. The van der Waals surface area contributed by atoms with Crippen molar-refractivity contribution in [3.05, 3.63) is 0 Å². The van der Waals surface area contributed by atoms with E-state index in [-0.39, 0.29) is 5.91 Å². The van der Waals surface area contributed by atoms with Crippen molar-refractivity contribution in [3.8, 4) is 0 Å². The van der Waals surface area contributed by atoms with E-state index >= 15 is 0 Å². The third-order valence-electron chi connectivity index (χ3n) is 5.21. The second kappa shape index (κ2) is 9.78. The van der Waals surface area contributed by atoms with Crippen LogP contribution in [0.4, 0.5) is 0 Å². The van der Waals surface area contributed by atoms with Crippen LogP contribution in [0.2, 0.25) is 0 Å². The van der Waals surface area contributed by atoms with Crippen LogP contribution in [0.1, 0.15) is 64.7 Å². The van der Waals surface area contributed by atoms with E-state index in [0.717, 1.165) is 37.9 Å². The number of aliphatic imine (C=N–C) groups is 1. The summed E-state index contributed by atoms with van der Waals surface area (Å²) in [5.74, 6) is 2.08. The maximum absolute atomic E-state index is 11.7. The van der Waals surface area contributed by atoms with Gasteiger partial charge in [-0.05, 0) is 25.2 Å². The zero-order valence-corrected chi connectivity index (χ0v) is 14.9. The van der Waals surface area contributed by atoms with Gasteiger partial charge in [-0.3, -0.25) is 9.79 Å². The SMILES string of the molecule is CCC(=O)N1CCC(NC(=NC)NCCCC2CCCCC2)C1. The number of nitrogens with one attached hydrogen (secondary N) is 2. The van der Waals surface area contributed by atoms with Crippen molar-refractivity contribution in [3.63, 3.8) is 0 Å². The average Bonchev–Trinajstić information content (AvgIpc) is 3.06. The number of rotatable bonds is 6. The topological polar surface area (TPSA) is 56.7 Å². The Morgan fingerprint density at radius 3 is 2.70 bits per heavy atom. The molecule has 23 heavy (non-hydrogen) atoms. The molecule has 2 N–H and O–H groups in total. The highest BCUT2D eigenvalue weighted by atomic mass is 16.2. The molecule has 5 heteroatoms. The lowest BCUT2D eigenvalue weighted by atomic mass is 9.86. The number of guanidine groups is 1. The Balaban J connectivity index is 1.61. The number of likely N-dealkylation sites (tertiary alicyclic amines) is 1. The Morgan fingerprint density at radius 1 is 1.22 bits per heavy atom. The second-order valence-corrected chi connectivity index (χ2v) is 6.97. The van der Waals surface area contributed by atoms with Crippen molar-refractivity contribution in [2.75, 3.05) is 26.7 Å². The van der Waals surface area contributed by atoms with Gasteiger partial charge >= 0.3 is 0 Å².